The Hall–Kier alpha value is -2.25. The summed E-state index contributed by atoms with van der Waals surface area (Å²) in [6.45, 7) is 0.623. The van der Waals surface area contributed by atoms with E-state index in [1.54, 1.807) is 6.07 Å². The molecule has 5 nitrogen and oxygen atoms in total. The molecule has 1 fully saturated rings. The maximum absolute atomic E-state index is 12.4. The Balaban J connectivity index is 1.96. The number of halogens is 3. The second kappa shape index (κ2) is 7.55. The molecule has 0 spiro atoms. The zero-order valence-electron chi connectivity index (χ0n) is 12.9. The van der Waals surface area contributed by atoms with Crippen molar-refractivity contribution in [2.24, 2.45) is 5.92 Å². The molecule has 132 valence electrons. The molecule has 1 amide bonds. The number of alkyl halides is 3. The molecule has 2 rings (SSSR count). The van der Waals surface area contributed by atoms with Crippen molar-refractivity contribution in [2.45, 2.75) is 32.0 Å². The molecule has 1 atom stereocenters. The molecule has 1 aromatic rings. The second-order valence-corrected chi connectivity index (χ2v) is 5.67. The van der Waals surface area contributed by atoms with Crippen molar-refractivity contribution in [3.05, 3.63) is 29.8 Å². The van der Waals surface area contributed by atoms with Crippen LogP contribution in [0.1, 0.15) is 24.8 Å². The van der Waals surface area contributed by atoms with E-state index in [-0.39, 0.29) is 36.6 Å². The highest BCUT2D eigenvalue weighted by molar-refractivity contribution is 5.78. The van der Waals surface area contributed by atoms with Gasteiger partial charge in [0.05, 0.1) is 5.92 Å². The number of benzene rings is 1. The number of para-hydroxylation sites is 1. The highest BCUT2D eigenvalue weighted by Crippen LogP contribution is 2.27. The highest BCUT2D eigenvalue weighted by Gasteiger charge is 2.32. The first kappa shape index (κ1) is 18.1. The highest BCUT2D eigenvalue weighted by atomic mass is 19.4. The minimum Gasteiger partial charge on any atom is -0.481 e. The summed E-state index contributed by atoms with van der Waals surface area (Å²) in [5.74, 6) is -2.09. The molecule has 0 saturated carbocycles. The van der Waals surface area contributed by atoms with Crippen LogP contribution in [0.15, 0.2) is 24.3 Å². The van der Waals surface area contributed by atoms with Crippen LogP contribution in [-0.4, -0.2) is 41.3 Å². The molecule has 24 heavy (non-hydrogen) atoms. The van der Waals surface area contributed by atoms with E-state index in [1.807, 2.05) is 0 Å². The predicted molar refractivity (Wildman–Crippen MR) is 78.4 cm³/mol. The molecule has 0 aromatic heterocycles. The lowest BCUT2D eigenvalue weighted by molar-refractivity contribution is -0.274. The van der Waals surface area contributed by atoms with Gasteiger partial charge in [0.1, 0.15) is 5.75 Å². The number of aliphatic carboxylic acids is 1. The van der Waals surface area contributed by atoms with Gasteiger partial charge < -0.3 is 14.7 Å². The third kappa shape index (κ3) is 5.14. The van der Waals surface area contributed by atoms with Gasteiger partial charge in [0.15, 0.2) is 0 Å². The Morgan fingerprint density at radius 2 is 2.00 bits per heavy atom. The summed E-state index contributed by atoms with van der Waals surface area (Å²) < 4.78 is 41.1. The second-order valence-electron chi connectivity index (χ2n) is 5.67. The minimum atomic E-state index is -4.79. The fourth-order valence-electron chi connectivity index (χ4n) is 2.74. The van der Waals surface area contributed by atoms with Gasteiger partial charge in [-0.05, 0) is 30.9 Å². The zero-order chi connectivity index (χ0) is 17.7. The molecule has 1 aromatic carbocycles. The molecule has 1 heterocycles. The van der Waals surface area contributed by atoms with Crippen molar-refractivity contribution in [1.29, 1.82) is 0 Å². The first-order chi connectivity index (χ1) is 11.3. The molecule has 0 radical (unpaired) electrons. The van der Waals surface area contributed by atoms with Crippen LogP contribution in [0.4, 0.5) is 13.2 Å². The van der Waals surface area contributed by atoms with Gasteiger partial charge in [0.2, 0.25) is 5.91 Å². The number of aryl methyl sites for hydroxylation is 1. The van der Waals surface area contributed by atoms with Crippen molar-refractivity contribution < 1.29 is 32.6 Å². The fourth-order valence-corrected chi connectivity index (χ4v) is 2.74. The first-order valence-corrected chi connectivity index (χ1v) is 7.60. The number of amides is 1. The number of carboxylic acids is 1. The van der Waals surface area contributed by atoms with E-state index in [1.165, 1.54) is 23.1 Å². The zero-order valence-corrected chi connectivity index (χ0v) is 12.9. The van der Waals surface area contributed by atoms with Crippen molar-refractivity contribution in [3.63, 3.8) is 0 Å². The van der Waals surface area contributed by atoms with Crippen LogP contribution in [0.2, 0.25) is 0 Å². The van der Waals surface area contributed by atoms with E-state index < -0.39 is 18.2 Å². The summed E-state index contributed by atoms with van der Waals surface area (Å²) in [7, 11) is 0. The lowest BCUT2D eigenvalue weighted by Crippen LogP contribution is -2.42. The van der Waals surface area contributed by atoms with Gasteiger partial charge in [-0.3, -0.25) is 9.59 Å². The molecular weight excluding hydrogens is 327 g/mol. The monoisotopic (exact) mass is 345 g/mol. The van der Waals surface area contributed by atoms with Gasteiger partial charge in [-0.15, -0.1) is 13.2 Å². The Labute approximate surface area is 137 Å². The summed E-state index contributed by atoms with van der Waals surface area (Å²) in [6.07, 6.45) is -3.55. The van der Waals surface area contributed by atoms with Crippen LogP contribution in [0.5, 0.6) is 5.75 Å². The third-order valence-electron chi connectivity index (χ3n) is 3.93. The number of rotatable bonds is 5. The molecular formula is C16H18F3NO4. The number of carboxylic acid groups (broad SMARTS) is 1. The molecule has 1 N–H and O–H groups in total. The molecule has 1 aliphatic heterocycles. The normalized spacial score (nSPS) is 18.3. The Morgan fingerprint density at radius 1 is 1.29 bits per heavy atom. The van der Waals surface area contributed by atoms with Gasteiger partial charge in [-0.2, -0.15) is 0 Å². The van der Waals surface area contributed by atoms with Gasteiger partial charge in [-0.25, -0.2) is 0 Å². The average Bonchev–Trinajstić information content (AvgIpc) is 2.52. The molecule has 1 aliphatic rings. The van der Waals surface area contributed by atoms with E-state index in [0.717, 1.165) is 0 Å². The largest absolute Gasteiger partial charge is 0.573 e. The number of hydrogen-bond acceptors (Lipinski definition) is 3. The number of hydrogen-bond donors (Lipinski definition) is 1. The van der Waals surface area contributed by atoms with Crippen molar-refractivity contribution in [2.75, 3.05) is 13.1 Å². The third-order valence-corrected chi connectivity index (χ3v) is 3.93. The average molecular weight is 345 g/mol. The van der Waals surface area contributed by atoms with E-state index in [2.05, 4.69) is 4.74 Å². The van der Waals surface area contributed by atoms with Crippen molar-refractivity contribution in [1.82, 2.24) is 4.90 Å². The lowest BCUT2D eigenvalue weighted by Gasteiger charge is -2.30. The van der Waals surface area contributed by atoms with Crippen LogP contribution >= 0.6 is 0 Å². The molecule has 1 saturated heterocycles. The van der Waals surface area contributed by atoms with Crippen LogP contribution in [0.3, 0.4) is 0 Å². The topological polar surface area (TPSA) is 66.8 Å². The summed E-state index contributed by atoms with van der Waals surface area (Å²) >= 11 is 0. The Bertz CT molecular complexity index is 603. The number of piperidine rings is 1. The number of carbonyl (C=O) groups is 2. The van der Waals surface area contributed by atoms with Crippen LogP contribution in [-0.2, 0) is 16.0 Å². The van der Waals surface area contributed by atoms with E-state index in [9.17, 15) is 22.8 Å². The summed E-state index contributed by atoms with van der Waals surface area (Å²) in [6, 6.07) is 5.68. The fraction of sp³-hybridized carbons (Fsp3) is 0.500. The standard InChI is InChI=1S/C16H18F3NO4/c17-16(18,19)24-13-6-2-1-4-11(13)7-8-14(21)20-9-3-5-12(10-20)15(22)23/h1-2,4,6,12H,3,5,7-10H2,(H,22,23)/t12-/m0/s1. The van der Waals surface area contributed by atoms with E-state index in [0.29, 0.717) is 19.4 Å². The predicted octanol–water partition coefficient (Wildman–Crippen LogP) is 2.84. The smallest absolute Gasteiger partial charge is 0.481 e. The van der Waals surface area contributed by atoms with E-state index in [4.69, 9.17) is 5.11 Å². The molecule has 8 heteroatoms. The van der Waals surface area contributed by atoms with Crippen LogP contribution in [0, 0.1) is 5.92 Å². The Morgan fingerprint density at radius 3 is 2.67 bits per heavy atom. The van der Waals surface area contributed by atoms with Gasteiger partial charge in [0.25, 0.3) is 0 Å². The summed E-state index contributed by atoms with van der Waals surface area (Å²) in [4.78, 5) is 24.7. The Kier molecular flexibility index (Phi) is 5.69. The number of nitrogens with zero attached hydrogens (tertiary/aromatic N) is 1. The maximum Gasteiger partial charge on any atom is 0.573 e. The number of likely N-dealkylation sites (tertiary alicyclic amines) is 1. The molecule has 0 aliphatic carbocycles. The number of ether oxygens (including phenoxy) is 1. The lowest BCUT2D eigenvalue weighted by atomic mass is 9.97. The van der Waals surface area contributed by atoms with Gasteiger partial charge in [0, 0.05) is 19.5 Å². The van der Waals surface area contributed by atoms with Crippen molar-refractivity contribution in [3.8, 4) is 5.75 Å². The summed E-state index contributed by atoms with van der Waals surface area (Å²) in [5.41, 5.74) is 0.287. The van der Waals surface area contributed by atoms with Gasteiger partial charge in [-0.1, -0.05) is 18.2 Å². The molecule has 0 bridgehead atoms. The summed E-state index contributed by atoms with van der Waals surface area (Å²) in [5, 5.41) is 9.03. The minimum absolute atomic E-state index is 0.00453. The SMILES string of the molecule is O=C(O)[C@H]1CCCN(C(=O)CCc2ccccc2OC(F)(F)F)C1. The first-order valence-electron chi connectivity index (χ1n) is 7.60. The van der Waals surface area contributed by atoms with E-state index >= 15 is 0 Å². The molecule has 0 unspecified atom stereocenters. The number of carbonyl (C=O) groups excluding carboxylic acids is 1. The maximum atomic E-state index is 12.4. The van der Waals surface area contributed by atoms with Gasteiger partial charge >= 0.3 is 12.3 Å². The van der Waals surface area contributed by atoms with Crippen LogP contribution < -0.4 is 4.74 Å². The van der Waals surface area contributed by atoms with Crippen LogP contribution in [0.25, 0.3) is 0 Å². The van der Waals surface area contributed by atoms with Crippen molar-refractivity contribution >= 4 is 11.9 Å². The quantitative estimate of drug-likeness (QED) is 0.891.